The summed E-state index contributed by atoms with van der Waals surface area (Å²) in [6.07, 6.45) is -3.07. The average Bonchev–Trinajstić information content (AvgIpc) is 2.92. The molecule has 0 saturated heterocycles. The van der Waals surface area contributed by atoms with Crippen LogP contribution >= 0.6 is 0 Å². The molecule has 2 rings (SSSR count). The number of carbonyl (C=O) groups excluding carboxylic acids is 1. The Morgan fingerprint density at radius 2 is 2.09 bits per heavy atom. The summed E-state index contributed by atoms with van der Waals surface area (Å²) in [7, 11) is 1.41. The van der Waals surface area contributed by atoms with Crippen LogP contribution in [0.15, 0.2) is 41.0 Å². The first-order valence-electron chi connectivity index (χ1n) is 6.84. The molecule has 4 nitrogen and oxygen atoms in total. The number of furan rings is 1. The molecule has 0 bridgehead atoms. The number of alkyl halides is 3. The first-order chi connectivity index (χ1) is 10.8. The highest BCUT2D eigenvalue weighted by atomic mass is 19.4. The van der Waals surface area contributed by atoms with Crippen molar-refractivity contribution in [2.24, 2.45) is 0 Å². The van der Waals surface area contributed by atoms with E-state index in [1.807, 2.05) is 0 Å². The van der Waals surface area contributed by atoms with Gasteiger partial charge in [0.15, 0.2) is 0 Å². The molecule has 1 heterocycles. The molecule has 1 amide bonds. The third-order valence-electron chi connectivity index (χ3n) is 3.36. The number of hydrogen-bond acceptors (Lipinski definition) is 3. The summed E-state index contributed by atoms with van der Waals surface area (Å²) in [4.78, 5) is 12.2. The number of ether oxygens (including phenoxy) is 1. The Kier molecular flexibility index (Phi) is 5.10. The zero-order chi connectivity index (χ0) is 17.0. The van der Waals surface area contributed by atoms with Gasteiger partial charge in [-0.2, -0.15) is 13.2 Å². The van der Waals surface area contributed by atoms with E-state index in [0.717, 1.165) is 12.1 Å². The highest BCUT2D eigenvalue weighted by Crippen LogP contribution is 2.31. The monoisotopic (exact) mass is 327 g/mol. The SMILES string of the molecule is COC[C@@H](NC(=O)c1ccoc1C)c1cccc(C(F)(F)F)c1. The van der Waals surface area contributed by atoms with Crippen LogP contribution in [0.3, 0.4) is 0 Å². The van der Waals surface area contributed by atoms with E-state index in [1.54, 1.807) is 6.92 Å². The molecule has 7 heteroatoms. The van der Waals surface area contributed by atoms with Crippen molar-refractivity contribution in [3.8, 4) is 0 Å². The predicted octanol–water partition coefficient (Wildman–Crippen LogP) is 3.72. The number of rotatable bonds is 5. The van der Waals surface area contributed by atoms with Gasteiger partial charge in [-0.25, -0.2) is 0 Å². The molecule has 0 aliphatic rings. The maximum absolute atomic E-state index is 12.8. The van der Waals surface area contributed by atoms with Crippen LogP contribution in [0.4, 0.5) is 13.2 Å². The Morgan fingerprint density at radius 1 is 1.35 bits per heavy atom. The van der Waals surface area contributed by atoms with E-state index in [2.05, 4.69) is 5.32 Å². The highest BCUT2D eigenvalue weighted by molar-refractivity contribution is 5.95. The van der Waals surface area contributed by atoms with Crippen molar-refractivity contribution >= 4 is 5.91 Å². The van der Waals surface area contributed by atoms with E-state index in [0.29, 0.717) is 16.9 Å². The molecule has 2 aromatic rings. The number of carbonyl (C=O) groups is 1. The smallest absolute Gasteiger partial charge is 0.416 e. The summed E-state index contributed by atoms with van der Waals surface area (Å²) in [6.45, 7) is 1.68. The Morgan fingerprint density at radius 3 is 2.65 bits per heavy atom. The van der Waals surface area contributed by atoms with E-state index in [4.69, 9.17) is 9.15 Å². The van der Waals surface area contributed by atoms with Gasteiger partial charge >= 0.3 is 6.18 Å². The number of amides is 1. The van der Waals surface area contributed by atoms with E-state index >= 15 is 0 Å². The quantitative estimate of drug-likeness (QED) is 0.910. The van der Waals surface area contributed by atoms with E-state index in [-0.39, 0.29) is 6.61 Å². The van der Waals surface area contributed by atoms with Crippen molar-refractivity contribution in [2.45, 2.75) is 19.1 Å². The third-order valence-corrected chi connectivity index (χ3v) is 3.36. The van der Waals surface area contributed by atoms with Crippen molar-refractivity contribution < 1.29 is 27.1 Å². The van der Waals surface area contributed by atoms with Crippen LogP contribution in [-0.2, 0) is 10.9 Å². The van der Waals surface area contributed by atoms with Gasteiger partial charge in [0.1, 0.15) is 5.76 Å². The van der Waals surface area contributed by atoms with Crippen LogP contribution in [0.1, 0.15) is 33.3 Å². The largest absolute Gasteiger partial charge is 0.469 e. The number of nitrogens with one attached hydrogen (secondary N) is 1. The molecule has 0 spiro atoms. The maximum atomic E-state index is 12.8. The van der Waals surface area contributed by atoms with Gasteiger partial charge in [-0.15, -0.1) is 0 Å². The lowest BCUT2D eigenvalue weighted by molar-refractivity contribution is -0.137. The minimum atomic E-state index is -4.45. The van der Waals surface area contributed by atoms with Crippen LogP contribution in [0.25, 0.3) is 0 Å². The average molecular weight is 327 g/mol. The molecule has 1 aromatic heterocycles. The second-order valence-electron chi connectivity index (χ2n) is 5.00. The third kappa shape index (κ3) is 4.13. The number of halogens is 3. The van der Waals surface area contributed by atoms with Crippen LogP contribution in [0, 0.1) is 6.92 Å². The summed E-state index contributed by atoms with van der Waals surface area (Å²) in [5, 5.41) is 2.66. The minimum absolute atomic E-state index is 0.0456. The Labute approximate surface area is 131 Å². The lowest BCUT2D eigenvalue weighted by atomic mass is 10.0. The van der Waals surface area contributed by atoms with Gasteiger partial charge < -0.3 is 14.5 Å². The van der Waals surface area contributed by atoms with Crippen molar-refractivity contribution in [1.29, 1.82) is 0 Å². The molecular formula is C16H16F3NO3. The molecule has 124 valence electrons. The molecular weight excluding hydrogens is 311 g/mol. The fourth-order valence-electron chi connectivity index (χ4n) is 2.18. The molecule has 1 N–H and O–H groups in total. The van der Waals surface area contributed by atoms with Crippen LogP contribution < -0.4 is 5.32 Å². The number of hydrogen-bond donors (Lipinski definition) is 1. The van der Waals surface area contributed by atoms with Crippen molar-refractivity contribution in [3.05, 3.63) is 59.0 Å². The van der Waals surface area contributed by atoms with Gasteiger partial charge in [-0.05, 0) is 30.7 Å². The summed E-state index contributed by atoms with van der Waals surface area (Å²) in [5.41, 5.74) is -0.126. The molecule has 1 atom stereocenters. The lowest BCUT2D eigenvalue weighted by Gasteiger charge is -2.19. The zero-order valence-corrected chi connectivity index (χ0v) is 12.6. The minimum Gasteiger partial charge on any atom is -0.469 e. The van der Waals surface area contributed by atoms with Crippen LogP contribution in [0.2, 0.25) is 0 Å². The van der Waals surface area contributed by atoms with Gasteiger partial charge in [0.25, 0.3) is 5.91 Å². The summed E-state index contributed by atoms with van der Waals surface area (Å²) >= 11 is 0. The fraction of sp³-hybridized carbons (Fsp3) is 0.312. The van der Waals surface area contributed by atoms with Crippen molar-refractivity contribution in [1.82, 2.24) is 5.32 Å². The first-order valence-corrected chi connectivity index (χ1v) is 6.84. The first kappa shape index (κ1) is 17.1. The van der Waals surface area contributed by atoms with E-state index < -0.39 is 23.7 Å². The number of benzene rings is 1. The summed E-state index contributed by atoms with van der Waals surface area (Å²) in [6, 6.07) is 5.60. The molecule has 1 aromatic carbocycles. The Hall–Kier alpha value is -2.28. The Balaban J connectivity index is 2.25. The van der Waals surface area contributed by atoms with Crippen LogP contribution in [-0.4, -0.2) is 19.6 Å². The second-order valence-corrected chi connectivity index (χ2v) is 5.00. The Bertz CT molecular complexity index is 679. The summed E-state index contributed by atoms with van der Waals surface area (Å²) in [5.74, 6) is -0.00146. The summed E-state index contributed by atoms with van der Waals surface area (Å²) < 4.78 is 48.5. The molecule has 0 aliphatic carbocycles. The molecule has 0 fully saturated rings. The lowest BCUT2D eigenvalue weighted by Crippen LogP contribution is -2.31. The van der Waals surface area contributed by atoms with Crippen molar-refractivity contribution in [2.75, 3.05) is 13.7 Å². The van der Waals surface area contributed by atoms with Gasteiger partial charge in [-0.1, -0.05) is 12.1 Å². The van der Waals surface area contributed by atoms with Gasteiger partial charge in [0.05, 0.1) is 30.0 Å². The molecule has 0 saturated carbocycles. The van der Waals surface area contributed by atoms with E-state index in [9.17, 15) is 18.0 Å². The van der Waals surface area contributed by atoms with Gasteiger partial charge in [0.2, 0.25) is 0 Å². The normalized spacial score (nSPS) is 12.9. The van der Waals surface area contributed by atoms with Crippen molar-refractivity contribution in [3.63, 3.8) is 0 Å². The molecule has 0 unspecified atom stereocenters. The fourth-order valence-corrected chi connectivity index (χ4v) is 2.18. The predicted molar refractivity (Wildman–Crippen MR) is 77.0 cm³/mol. The van der Waals surface area contributed by atoms with Gasteiger partial charge in [0, 0.05) is 7.11 Å². The highest BCUT2D eigenvalue weighted by Gasteiger charge is 2.31. The number of aryl methyl sites for hydroxylation is 1. The van der Waals surface area contributed by atoms with Crippen LogP contribution in [0.5, 0.6) is 0 Å². The standard InChI is InChI=1S/C16H16F3NO3/c1-10-13(6-7-23-10)15(21)20-14(9-22-2)11-4-3-5-12(8-11)16(17,18)19/h3-8,14H,9H2,1-2H3,(H,20,21)/t14-/m1/s1. The van der Waals surface area contributed by atoms with Gasteiger partial charge in [-0.3, -0.25) is 4.79 Å². The molecule has 23 heavy (non-hydrogen) atoms. The van der Waals surface area contributed by atoms with E-state index in [1.165, 1.54) is 31.6 Å². The second kappa shape index (κ2) is 6.87. The topological polar surface area (TPSA) is 51.5 Å². The zero-order valence-electron chi connectivity index (χ0n) is 12.6. The molecule has 0 radical (unpaired) electrons. The molecule has 0 aliphatic heterocycles. The number of methoxy groups -OCH3 is 1. The maximum Gasteiger partial charge on any atom is 0.416 e.